The molecule has 0 unspecified atom stereocenters. The fourth-order valence-corrected chi connectivity index (χ4v) is 2.28. The minimum atomic E-state index is -0.277. The molecule has 5 heteroatoms. The zero-order valence-corrected chi connectivity index (χ0v) is 13.0. The van der Waals surface area contributed by atoms with Crippen LogP contribution in [0.5, 0.6) is 5.75 Å². The van der Waals surface area contributed by atoms with E-state index in [0.29, 0.717) is 17.9 Å². The number of ether oxygens (including phenoxy) is 1. The Kier molecular flexibility index (Phi) is 4.72. The summed E-state index contributed by atoms with van der Waals surface area (Å²) < 4.78 is 5.38. The Morgan fingerprint density at radius 3 is 2.79 bits per heavy atom. The van der Waals surface area contributed by atoms with Crippen molar-refractivity contribution in [3.63, 3.8) is 0 Å². The summed E-state index contributed by atoms with van der Waals surface area (Å²) in [6, 6.07) is 14.8. The number of aromatic amines is 1. The molecular formula is C19H17N3O2. The number of amides is 1. The largest absolute Gasteiger partial charge is 0.490 e. The predicted molar refractivity (Wildman–Crippen MR) is 95.5 cm³/mol. The first-order valence-corrected chi connectivity index (χ1v) is 7.51. The van der Waals surface area contributed by atoms with Gasteiger partial charge in [0, 0.05) is 28.2 Å². The molecule has 0 saturated heterocycles. The summed E-state index contributed by atoms with van der Waals surface area (Å²) in [6.45, 7) is 4.02. The van der Waals surface area contributed by atoms with Gasteiger partial charge in [0.1, 0.15) is 12.4 Å². The number of benzene rings is 2. The molecule has 5 nitrogen and oxygen atoms in total. The standard InChI is InChI=1S/C19H17N3O2/c1-2-11-24-16-9-7-14(8-10-16)19(23)22-21-13-15-12-20-18-6-4-3-5-17(15)18/h2-10,12-13,20H,1,11H2,(H,22,23). The van der Waals surface area contributed by atoms with Crippen molar-refractivity contribution < 1.29 is 9.53 Å². The summed E-state index contributed by atoms with van der Waals surface area (Å²) in [4.78, 5) is 15.2. The van der Waals surface area contributed by atoms with Crippen LogP contribution in [0.4, 0.5) is 0 Å². The van der Waals surface area contributed by atoms with Crippen LogP contribution in [0.1, 0.15) is 15.9 Å². The minimum absolute atomic E-state index is 0.277. The maximum Gasteiger partial charge on any atom is 0.271 e. The molecular weight excluding hydrogens is 302 g/mol. The fourth-order valence-electron chi connectivity index (χ4n) is 2.28. The first-order valence-electron chi connectivity index (χ1n) is 7.51. The van der Waals surface area contributed by atoms with Crippen LogP contribution < -0.4 is 10.2 Å². The average Bonchev–Trinajstić information content (AvgIpc) is 3.03. The van der Waals surface area contributed by atoms with Crippen molar-refractivity contribution in [2.45, 2.75) is 0 Å². The molecule has 0 bridgehead atoms. The number of nitrogens with one attached hydrogen (secondary N) is 2. The SMILES string of the molecule is C=CCOc1ccc(C(=O)NN=Cc2c[nH]c3ccccc23)cc1. The van der Waals surface area contributed by atoms with Gasteiger partial charge in [0.05, 0.1) is 6.21 Å². The van der Waals surface area contributed by atoms with E-state index in [1.54, 1.807) is 36.6 Å². The lowest BCUT2D eigenvalue weighted by atomic mass is 10.2. The van der Waals surface area contributed by atoms with Crippen LogP contribution in [0.15, 0.2) is 72.5 Å². The molecule has 2 N–H and O–H groups in total. The summed E-state index contributed by atoms with van der Waals surface area (Å²) in [5.41, 5.74) is 4.98. The van der Waals surface area contributed by atoms with Crippen LogP contribution in [0.2, 0.25) is 0 Å². The molecule has 0 atom stereocenters. The molecule has 24 heavy (non-hydrogen) atoms. The lowest BCUT2D eigenvalue weighted by Crippen LogP contribution is -2.17. The van der Waals surface area contributed by atoms with Gasteiger partial charge in [0.25, 0.3) is 5.91 Å². The van der Waals surface area contributed by atoms with E-state index in [1.165, 1.54) is 0 Å². The molecule has 120 valence electrons. The summed E-state index contributed by atoms with van der Waals surface area (Å²) in [5, 5.41) is 5.08. The van der Waals surface area contributed by atoms with Crippen molar-refractivity contribution in [2.24, 2.45) is 5.10 Å². The maximum absolute atomic E-state index is 12.1. The Bertz CT molecular complexity index is 879. The van der Waals surface area contributed by atoms with Gasteiger partial charge in [-0.15, -0.1) is 0 Å². The van der Waals surface area contributed by atoms with E-state index in [-0.39, 0.29) is 5.91 Å². The number of aromatic nitrogens is 1. The number of nitrogens with zero attached hydrogens (tertiary/aromatic N) is 1. The number of hydrogen-bond acceptors (Lipinski definition) is 3. The number of fused-ring (bicyclic) bond motifs is 1. The Morgan fingerprint density at radius 2 is 2.00 bits per heavy atom. The van der Waals surface area contributed by atoms with E-state index < -0.39 is 0 Å². The van der Waals surface area contributed by atoms with Crippen LogP contribution in [0.25, 0.3) is 10.9 Å². The summed E-state index contributed by atoms with van der Waals surface area (Å²) in [5.74, 6) is 0.412. The first-order chi connectivity index (χ1) is 11.8. The monoisotopic (exact) mass is 319 g/mol. The third kappa shape index (κ3) is 3.52. The second-order valence-electron chi connectivity index (χ2n) is 5.11. The van der Waals surface area contributed by atoms with Gasteiger partial charge in [-0.2, -0.15) is 5.10 Å². The van der Waals surface area contributed by atoms with Crippen molar-refractivity contribution in [1.82, 2.24) is 10.4 Å². The van der Waals surface area contributed by atoms with E-state index in [4.69, 9.17) is 4.74 Å². The van der Waals surface area contributed by atoms with Gasteiger partial charge in [-0.3, -0.25) is 4.79 Å². The molecule has 2 aromatic carbocycles. The Morgan fingerprint density at radius 1 is 1.21 bits per heavy atom. The third-order valence-electron chi connectivity index (χ3n) is 3.48. The van der Waals surface area contributed by atoms with Crippen LogP contribution in [0.3, 0.4) is 0 Å². The number of hydrazone groups is 1. The van der Waals surface area contributed by atoms with Crippen molar-refractivity contribution in [3.8, 4) is 5.75 Å². The normalized spacial score (nSPS) is 10.8. The van der Waals surface area contributed by atoms with Crippen molar-refractivity contribution in [1.29, 1.82) is 0 Å². The van der Waals surface area contributed by atoms with Gasteiger partial charge in [-0.1, -0.05) is 30.9 Å². The number of carbonyl (C=O) groups is 1. The van der Waals surface area contributed by atoms with Crippen LogP contribution in [-0.4, -0.2) is 23.7 Å². The number of H-pyrrole nitrogens is 1. The molecule has 1 aromatic heterocycles. The molecule has 1 amide bonds. The zero-order chi connectivity index (χ0) is 16.8. The highest BCUT2D eigenvalue weighted by Crippen LogP contribution is 2.15. The smallest absolute Gasteiger partial charge is 0.271 e. The quantitative estimate of drug-likeness (QED) is 0.415. The second kappa shape index (κ2) is 7.28. The van der Waals surface area contributed by atoms with Crippen LogP contribution in [0, 0.1) is 0 Å². The zero-order valence-electron chi connectivity index (χ0n) is 13.0. The average molecular weight is 319 g/mol. The Hall–Kier alpha value is -3.34. The molecule has 3 aromatic rings. The van der Waals surface area contributed by atoms with Gasteiger partial charge < -0.3 is 9.72 Å². The number of para-hydroxylation sites is 1. The van der Waals surface area contributed by atoms with E-state index in [2.05, 4.69) is 22.1 Å². The minimum Gasteiger partial charge on any atom is -0.490 e. The van der Waals surface area contributed by atoms with Crippen molar-refractivity contribution >= 4 is 23.0 Å². The highest BCUT2D eigenvalue weighted by molar-refractivity contribution is 6.00. The molecule has 3 rings (SSSR count). The molecule has 0 spiro atoms. The predicted octanol–water partition coefficient (Wildman–Crippen LogP) is 3.50. The van der Waals surface area contributed by atoms with E-state index in [1.807, 2.05) is 30.5 Å². The highest BCUT2D eigenvalue weighted by atomic mass is 16.5. The fraction of sp³-hybridized carbons (Fsp3) is 0.0526. The molecule has 0 radical (unpaired) electrons. The molecule has 0 aliphatic heterocycles. The first kappa shape index (κ1) is 15.6. The molecule has 0 saturated carbocycles. The Labute approximate surface area is 139 Å². The molecule has 0 fully saturated rings. The lowest BCUT2D eigenvalue weighted by molar-refractivity contribution is 0.0955. The number of carbonyl (C=O) groups excluding carboxylic acids is 1. The van der Waals surface area contributed by atoms with Gasteiger partial charge in [0.2, 0.25) is 0 Å². The third-order valence-corrected chi connectivity index (χ3v) is 3.48. The van der Waals surface area contributed by atoms with Gasteiger partial charge in [0.15, 0.2) is 0 Å². The van der Waals surface area contributed by atoms with Gasteiger partial charge in [-0.05, 0) is 30.3 Å². The topological polar surface area (TPSA) is 66.5 Å². The van der Waals surface area contributed by atoms with E-state index >= 15 is 0 Å². The van der Waals surface area contributed by atoms with Crippen LogP contribution in [-0.2, 0) is 0 Å². The van der Waals surface area contributed by atoms with E-state index in [0.717, 1.165) is 16.5 Å². The summed E-state index contributed by atoms with van der Waals surface area (Å²) in [7, 11) is 0. The van der Waals surface area contributed by atoms with E-state index in [9.17, 15) is 4.79 Å². The maximum atomic E-state index is 12.1. The summed E-state index contributed by atoms with van der Waals surface area (Å²) in [6.07, 6.45) is 5.14. The molecule has 1 heterocycles. The van der Waals surface area contributed by atoms with Gasteiger partial charge in [-0.25, -0.2) is 5.43 Å². The summed E-state index contributed by atoms with van der Waals surface area (Å²) >= 11 is 0. The highest BCUT2D eigenvalue weighted by Gasteiger charge is 2.05. The molecule has 0 aliphatic rings. The molecule has 0 aliphatic carbocycles. The van der Waals surface area contributed by atoms with Crippen molar-refractivity contribution in [2.75, 3.05) is 6.61 Å². The van der Waals surface area contributed by atoms with Gasteiger partial charge >= 0.3 is 0 Å². The van der Waals surface area contributed by atoms with Crippen molar-refractivity contribution in [3.05, 3.63) is 78.5 Å². The van der Waals surface area contributed by atoms with Crippen LogP contribution >= 0.6 is 0 Å². The number of hydrogen-bond donors (Lipinski definition) is 2. The second-order valence-corrected chi connectivity index (χ2v) is 5.11. The lowest BCUT2D eigenvalue weighted by Gasteiger charge is -2.04. The Balaban J connectivity index is 1.63. The number of rotatable bonds is 6.